The van der Waals surface area contributed by atoms with Crippen LogP contribution in [0.3, 0.4) is 0 Å². The summed E-state index contributed by atoms with van der Waals surface area (Å²) in [5.41, 5.74) is 0.919. The molecule has 0 aliphatic rings. The lowest BCUT2D eigenvalue weighted by Crippen LogP contribution is -2.17. The topological polar surface area (TPSA) is 0 Å². The van der Waals surface area contributed by atoms with E-state index in [0.717, 1.165) is 5.54 Å². The standard InChI is InChI=1S/C25H52Si/c1-5-8-11-14-17-20-23-26(24-21-18-15-12-9-6-2)25(4)22-19-16-13-10-7-3/h19,22,25-26H,5-18,20-21,23-24H2,1-4H3. The van der Waals surface area contributed by atoms with Gasteiger partial charge < -0.3 is 0 Å². The Balaban J connectivity index is 4.11. The maximum absolute atomic E-state index is 2.61. The van der Waals surface area contributed by atoms with Crippen LogP contribution in [0.1, 0.15) is 130 Å². The van der Waals surface area contributed by atoms with Gasteiger partial charge in [0.05, 0.1) is 0 Å². The Kier molecular flexibility index (Phi) is 21.2. The minimum atomic E-state index is -0.591. The monoisotopic (exact) mass is 380 g/mol. The van der Waals surface area contributed by atoms with Gasteiger partial charge in [0, 0.05) is 8.80 Å². The lowest BCUT2D eigenvalue weighted by molar-refractivity contribution is 0.615. The van der Waals surface area contributed by atoms with Gasteiger partial charge in [-0.3, -0.25) is 0 Å². The molecular weight excluding hydrogens is 328 g/mol. The third kappa shape index (κ3) is 17.4. The fraction of sp³-hybridized carbons (Fsp3) is 0.920. The van der Waals surface area contributed by atoms with Gasteiger partial charge in [0.2, 0.25) is 0 Å². The zero-order chi connectivity index (χ0) is 19.3. The predicted molar refractivity (Wildman–Crippen MR) is 126 cm³/mol. The van der Waals surface area contributed by atoms with Crippen molar-refractivity contribution in [2.75, 3.05) is 0 Å². The van der Waals surface area contributed by atoms with E-state index in [1.54, 1.807) is 12.1 Å². The van der Waals surface area contributed by atoms with Gasteiger partial charge in [0.1, 0.15) is 0 Å². The quantitative estimate of drug-likeness (QED) is 0.112. The zero-order valence-corrected chi connectivity index (χ0v) is 20.2. The minimum absolute atomic E-state index is 0.591. The summed E-state index contributed by atoms with van der Waals surface area (Å²) in [5, 5.41) is 0. The number of hydrogen-bond acceptors (Lipinski definition) is 0. The van der Waals surface area contributed by atoms with E-state index in [2.05, 4.69) is 39.8 Å². The second-order valence-corrected chi connectivity index (χ2v) is 12.4. The number of unbranched alkanes of at least 4 members (excludes halogenated alkanes) is 13. The summed E-state index contributed by atoms with van der Waals surface area (Å²) in [5.74, 6) is 0. The SMILES string of the molecule is CCCCCC=CC(C)[SiH](CCCCCCCC)CCCCCCCC. The largest absolute Gasteiger partial charge is 0.0886 e. The molecule has 0 heterocycles. The Labute approximate surface area is 169 Å². The maximum Gasteiger partial charge on any atom is 0.0437 e. The highest BCUT2D eigenvalue weighted by atomic mass is 28.3. The van der Waals surface area contributed by atoms with Crippen LogP contribution in [0.15, 0.2) is 12.2 Å². The predicted octanol–water partition coefficient (Wildman–Crippen LogP) is 9.46. The molecule has 0 bridgehead atoms. The number of hydrogen-bond donors (Lipinski definition) is 0. The van der Waals surface area contributed by atoms with Gasteiger partial charge in [-0.05, 0) is 18.4 Å². The first kappa shape index (κ1) is 26.0. The average Bonchev–Trinajstić information content (AvgIpc) is 2.65. The second-order valence-electron chi connectivity index (χ2n) is 8.66. The van der Waals surface area contributed by atoms with Gasteiger partial charge in [-0.1, -0.05) is 142 Å². The van der Waals surface area contributed by atoms with Gasteiger partial charge in [0.15, 0.2) is 0 Å². The minimum Gasteiger partial charge on any atom is -0.0886 e. The van der Waals surface area contributed by atoms with E-state index in [9.17, 15) is 0 Å². The van der Waals surface area contributed by atoms with Crippen molar-refractivity contribution >= 4 is 8.80 Å². The van der Waals surface area contributed by atoms with Crippen LogP contribution in [0.25, 0.3) is 0 Å². The average molecular weight is 381 g/mol. The van der Waals surface area contributed by atoms with Crippen molar-refractivity contribution in [2.45, 2.75) is 148 Å². The van der Waals surface area contributed by atoms with E-state index in [-0.39, 0.29) is 0 Å². The van der Waals surface area contributed by atoms with Crippen molar-refractivity contribution in [1.82, 2.24) is 0 Å². The molecule has 156 valence electrons. The van der Waals surface area contributed by atoms with E-state index in [1.165, 1.54) is 103 Å². The molecule has 0 rings (SSSR count). The molecule has 1 atom stereocenters. The third-order valence-electron chi connectivity index (χ3n) is 6.01. The summed E-state index contributed by atoms with van der Waals surface area (Å²) in [6.07, 6.45) is 28.1. The van der Waals surface area contributed by atoms with Crippen LogP contribution in [0, 0.1) is 0 Å². The van der Waals surface area contributed by atoms with E-state index >= 15 is 0 Å². The Morgan fingerprint density at radius 1 is 0.577 bits per heavy atom. The molecule has 1 unspecified atom stereocenters. The molecule has 0 radical (unpaired) electrons. The first-order valence-electron chi connectivity index (χ1n) is 12.4. The molecule has 0 aromatic heterocycles. The highest BCUT2D eigenvalue weighted by Crippen LogP contribution is 2.25. The van der Waals surface area contributed by atoms with E-state index in [1.807, 2.05) is 0 Å². The molecule has 26 heavy (non-hydrogen) atoms. The second kappa shape index (κ2) is 21.3. The van der Waals surface area contributed by atoms with Crippen molar-refractivity contribution in [3.63, 3.8) is 0 Å². The van der Waals surface area contributed by atoms with Crippen molar-refractivity contribution < 1.29 is 0 Å². The lowest BCUT2D eigenvalue weighted by Gasteiger charge is -2.20. The van der Waals surface area contributed by atoms with Crippen molar-refractivity contribution in [3.8, 4) is 0 Å². The molecule has 0 aromatic rings. The third-order valence-corrected chi connectivity index (χ3v) is 10.0. The summed E-state index contributed by atoms with van der Waals surface area (Å²) in [4.78, 5) is 0. The summed E-state index contributed by atoms with van der Waals surface area (Å²) in [6.45, 7) is 9.48. The van der Waals surface area contributed by atoms with Crippen molar-refractivity contribution in [3.05, 3.63) is 12.2 Å². The smallest absolute Gasteiger partial charge is 0.0437 e. The van der Waals surface area contributed by atoms with Gasteiger partial charge in [-0.2, -0.15) is 0 Å². The van der Waals surface area contributed by atoms with E-state index in [4.69, 9.17) is 0 Å². The molecular formula is C25H52Si. The highest BCUT2D eigenvalue weighted by Gasteiger charge is 2.16. The van der Waals surface area contributed by atoms with Gasteiger partial charge in [-0.25, -0.2) is 0 Å². The van der Waals surface area contributed by atoms with Crippen molar-refractivity contribution in [1.29, 1.82) is 0 Å². The molecule has 0 nitrogen and oxygen atoms in total. The molecule has 0 N–H and O–H groups in total. The molecule has 0 amide bonds. The first-order valence-corrected chi connectivity index (χ1v) is 14.7. The summed E-state index contributed by atoms with van der Waals surface area (Å²) >= 11 is 0. The van der Waals surface area contributed by atoms with Gasteiger partial charge in [0.25, 0.3) is 0 Å². The Morgan fingerprint density at radius 3 is 1.50 bits per heavy atom. The zero-order valence-electron chi connectivity index (χ0n) is 19.0. The molecule has 0 aromatic carbocycles. The van der Waals surface area contributed by atoms with Gasteiger partial charge in [-0.15, -0.1) is 0 Å². The molecule has 0 aliphatic carbocycles. The van der Waals surface area contributed by atoms with Crippen LogP contribution < -0.4 is 0 Å². The van der Waals surface area contributed by atoms with Crippen LogP contribution in [-0.4, -0.2) is 8.80 Å². The summed E-state index contributed by atoms with van der Waals surface area (Å²) in [7, 11) is -0.591. The summed E-state index contributed by atoms with van der Waals surface area (Å²) < 4.78 is 0. The number of rotatable bonds is 20. The van der Waals surface area contributed by atoms with Crippen LogP contribution in [0.4, 0.5) is 0 Å². The fourth-order valence-electron chi connectivity index (χ4n) is 4.02. The molecule has 1 heteroatoms. The normalized spacial score (nSPS) is 13.1. The van der Waals surface area contributed by atoms with Gasteiger partial charge >= 0.3 is 0 Å². The summed E-state index contributed by atoms with van der Waals surface area (Å²) in [6, 6.07) is 3.20. The molecule has 0 aliphatic heterocycles. The Hall–Kier alpha value is -0.0431. The van der Waals surface area contributed by atoms with E-state index in [0.29, 0.717) is 0 Å². The van der Waals surface area contributed by atoms with Crippen molar-refractivity contribution in [2.24, 2.45) is 0 Å². The molecule has 0 spiro atoms. The fourth-order valence-corrected chi connectivity index (χ4v) is 7.46. The molecule has 0 saturated heterocycles. The van der Waals surface area contributed by atoms with Crippen LogP contribution in [0.5, 0.6) is 0 Å². The van der Waals surface area contributed by atoms with Crippen LogP contribution >= 0.6 is 0 Å². The number of allylic oxidation sites excluding steroid dienone is 2. The lowest BCUT2D eigenvalue weighted by atomic mass is 10.1. The molecule has 0 fully saturated rings. The van der Waals surface area contributed by atoms with Crippen LogP contribution in [0.2, 0.25) is 17.6 Å². The maximum atomic E-state index is 2.61. The molecule has 0 saturated carbocycles. The Morgan fingerprint density at radius 2 is 1.00 bits per heavy atom. The van der Waals surface area contributed by atoms with Crippen LogP contribution in [-0.2, 0) is 0 Å². The highest BCUT2D eigenvalue weighted by molar-refractivity contribution is 6.60. The first-order chi connectivity index (χ1) is 12.8. The Bertz CT molecular complexity index is 268. The van der Waals surface area contributed by atoms with E-state index < -0.39 is 8.80 Å².